The standard InChI is InChI=1S/C21H25N3O4/c1-14(2)18-9-8-17(19(25)22-18)21(27)24-12-10-23(11-13-24)20(26)15-4-6-16(28-3)7-5-15/h4-9,14H,10-13H2,1-3H3,(H,22,25). The summed E-state index contributed by atoms with van der Waals surface area (Å²) in [5, 5.41) is 0. The van der Waals surface area contributed by atoms with Gasteiger partial charge in [-0.1, -0.05) is 13.8 Å². The number of benzene rings is 1. The van der Waals surface area contributed by atoms with Gasteiger partial charge >= 0.3 is 0 Å². The number of pyridine rings is 1. The van der Waals surface area contributed by atoms with Crippen molar-refractivity contribution in [1.29, 1.82) is 0 Å². The maximum Gasteiger partial charge on any atom is 0.261 e. The molecule has 1 aromatic heterocycles. The third-order valence-corrected chi connectivity index (χ3v) is 4.98. The number of carbonyl (C=O) groups is 2. The third kappa shape index (κ3) is 4.08. The van der Waals surface area contributed by atoms with Crippen molar-refractivity contribution in [1.82, 2.24) is 14.8 Å². The molecule has 3 rings (SSSR count). The summed E-state index contributed by atoms with van der Waals surface area (Å²) in [4.78, 5) is 43.7. The molecule has 2 amide bonds. The lowest BCUT2D eigenvalue weighted by Gasteiger charge is -2.34. The highest BCUT2D eigenvalue weighted by atomic mass is 16.5. The van der Waals surface area contributed by atoms with E-state index >= 15 is 0 Å². The van der Waals surface area contributed by atoms with Crippen molar-refractivity contribution in [2.24, 2.45) is 0 Å². The number of rotatable bonds is 4. The van der Waals surface area contributed by atoms with Gasteiger partial charge in [-0.3, -0.25) is 14.4 Å². The molecule has 1 aliphatic heterocycles. The van der Waals surface area contributed by atoms with E-state index in [4.69, 9.17) is 4.74 Å². The Labute approximate surface area is 163 Å². The van der Waals surface area contributed by atoms with Crippen LogP contribution in [0.3, 0.4) is 0 Å². The molecule has 0 radical (unpaired) electrons. The Balaban J connectivity index is 1.63. The number of methoxy groups -OCH3 is 1. The summed E-state index contributed by atoms with van der Waals surface area (Å²) in [6, 6.07) is 10.3. The summed E-state index contributed by atoms with van der Waals surface area (Å²) >= 11 is 0. The minimum absolute atomic E-state index is 0.0751. The fraction of sp³-hybridized carbons (Fsp3) is 0.381. The maximum atomic E-state index is 12.7. The lowest BCUT2D eigenvalue weighted by molar-refractivity contribution is 0.0534. The van der Waals surface area contributed by atoms with Crippen LogP contribution in [0.2, 0.25) is 0 Å². The number of nitrogens with one attached hydrogen (secondary N) is 1. The Kier molecular flexibility index (Phi) is 5.82. The lowest BCUT2D eigenvalue weighted by atomic mass is 10.1. The molecule has 0 spiro atoms. The molecule has 28 heavy (non-hydrogen) atoms. The first-order valence-electron chi connectivity index (χ1n) is 9.36. The minimum atomic E-state index is -0.368. The lowest BCUT2D eigenvalue weighted by Crippen LogP contribution is -2.51. The number of aromatic nitrogens is 1. The summed E-state index contributed by atoms with van der Waals surface area (Å²) in [5.74, 6) is 0.507. The van der Waals surface area contributed by atoms with E-state index in [9.17, 15) is 14.4 Å². The summed E-state index contributed by atoms with van der Waals surface area (Å²) < 4.78 is 5.11. The second-order valence-corrected chi connectivity index (χ2v) is 7.12. The number of carbonyl (C=O) groups excluding carboxylic acids is 2. The van der Waals surface area contributed by atoms with Crippen molar-refractivity contribution in [2.75, 3.05) is 33.3 Å². The van der Waals surface area contributed by atoms with Gasteiger partial charge in [0.1, 0.15) is 11.3 Å². The smallest absolute Gasteiger partial charge is 0.261 e. The van der Waals surface area contributed by atoms with Gasteiger partial charge in [0.15, 0.2) is 0 Å². The normalized spacial score (nSPS) is 14.3. The zero-order valence-corrected chi connectivity index (χ0v) is 16.4. The largest absolute Gasteiger partial charge is 0.497 e. The van der Waals surface area contributed by atoms with Crippen molar-refractivity contribution >= 4 is 11.8 Å². The van der Waals surface area contributed by atoms with Crippen LogP contribution in [0.5, 0.6) is 5.75 Å². The van der Waals surface area contributed by atoms with Crippen LogP contribution in [-0.2, 0) is 0 Å². The first-order chi connectivity index (χ1) is 13.4. The predicted molar refractivity (Wildman–Crippen MR) is 106 cm³/mol. The Morgan fingerprint density at radius 2 is 1.50 bits per heavy atom. The molecule has 2 aromatic rings. The molecule has 0 aliphatic carbocycles. The fourth-order valence-corrected chi connectivity index (χ4v) is 3.19. The summed E-state index contributed by atoms with van der Waals surface area (Å²) in [6.07, 6.45) is 0. The number of ether oxygens (including phenoxy) is 1. The van der Waals surface area contributed by atoms with Crippen molar-refractivity contribution < 1.29 is 14.3 Å². The molecule has 1 aliphatic rings. The predicted octanol–water partition coefficient (Wildman–Crippen LogP) is 2.11. The molecule has 0 saturated carbocycles. The van der Waals surface area contributed by atoms with Crippen molar-refractivity contribution in [3.05, 3.63) is 63.6 Å². The van der Waals surface area contributed by atoms with Crippen molar-refractivity contribution in [2.45, 2.75) is 19.8 Å². The molecule has 7 heteroatoms. The van der Waals surface area contributed by atoms with E-state index in [-0.39, 0.29) is 28.9 Å². The second kappa shape index (κ2) is 8.29. The highest BCUT2D eigenvalue weighted by Gasteiger charge is 2.26. The molecule has 0 atom stereocenters. The van der Waals surface area contributed by atoms with E-state index in [0.29, 0.717) is 37.5 Å². The van der Waals surface area contributed by atoms with Crippen LogP contribution >= 0.6 is 0 Å². The average Bonchev–Trinajstić information content (AvgIpc) is 2.72. The van der Waals surface area contributed by atoms with E-state index < -0.39 is 0 Å². The Morgan fingerprint density at radius 3 is 2.00 bits per heavy atom. The number of nitrogens with zero attached hydrogens (tertiary/aromatic N) is 2. The van der Waals surface area contributed by atoms with Crippen LogP contribution in [0.1, 0.15) is 46.2 Å². The van der Waals surface area contributed by atoms with Crippen LogP contribution < -0.4 is 10.3 Å². The van der Waals surface area contributed by atoms with Crippen LogP contribution in [0, 0.1) is 0 Å². The molecule has 1 aromatic carbocycles. The first kappa shape index (κ1) is 19.7. The van der Waals surface area contributed by atoms with E-state index in [0.717, 1.165) is 5.69 Å². The highest BCUT2D eigenvalue weighted by Crippen LogP contribution is 2.15. The maximum absolute atomic E-state index is 12.7. The Hall–Kier alpha value is -3.09. The van der Waals surface area contributed by atoms with Gasteiger partial charge in [-0.2, -0.15) is 0 Å². The number of amides is 2. The number of H-pyrrole nitrogens is 1. The number of aromatic amines is 1. The van der Waals surface area contributed by atoms with Crippen LogP contribution in [0.15, 0.2) is 41.2 Å². The molecular formula is C21H25N3O4. The number of hydrogen-bond donors (Lipinski definition) is 1. The zero-order chi connectivity index (χ0) is 20.3. The van der Waals surface area contributed by atoms with Gasteiger partial charge in [-0.15, -0.1) is 0 Å². The molecular weight excluding hydrogens is 358 g/mol. The van der Waals surface area contributed by atoms with E-state index in [1.807, 2.05) is 13.8 Å². The van der Waals surface area contributed by atoms with Crippen LogP contribution in [-0.4, -0.2) is 59.9 Å². The van der Waals surface area contributed by atoms with Gasteiger partial charge in [0.25, 0.3) is 17.4 Å². The Morgan fingerprint density at radius 1 is 0.929 bits per heavy atom. The van der Waals surface area contributed by atoms with E-state index in [1.165, 1.54) is 0 Å². The van der Waals surface area contributed by atoms with Crippen LogP contribution in [0.25, 0.3) is 0 Å². The quantitative estimate of drug-likeness (QED) is 0.877. The minimum Gasteiger partial charge on any atom is -0.497 e. The average molecular weight is 383 g/mol. The Bertz CT molecular complexity index is 910. The molecule has 1 fully saturated rings. The topological polar surface area (TPSA) is 82.7 Å². The van der Waals surface area contributed by atoms with Gasteiger partial charge in [-0.25, -0.2) is 0 Å². The van der Waals surface area contributed by atoms with Crippen molar-refractivity contribution in [3.8, 4) is 5.75 Å². The molecule has 0 bridgehead atoms. The number of hydrogen-bond acceptors (Lipinski definition) is 4. The molecule has 7 nitrogen and oxygen atoms in total. The van der Waals surface area contributed by atoms with Crippen LogP contribution in [0.4, 0.5) is 0 Å². The monoisotopic (exact) mass is 383 g/mol. The summed E-state index contributed by atoms with van der Waals surface area (Å²) in [7, 11) is 1.58. The van der Waals surface area contributed by atoms with Gasteiger partial charge in [0, 0.05) is 37.4 Å². The molecule has 2 heterocycles. The summed E-state index contributed by atoms with van der Waals surface area (Å²) in [5.41, 5.74) is 1.16. The highest BCUT2D eigenvalue weighted by molar-refractivity contribution is 5.95. The SMILES string of the molecule is COc1ccc(C(=O)N2CCN(C(=O)c3ccc(C(C)C)[nH]c3=O)CC2)cc1. The third-order valence-electron chi connectivity index (χ3n) is 4.98. The van der Waals surface area contributed by atoms with Gasteiger partial charge in [-0.05, 0) is 42.3 Å². The van der Waals surface area contributed by atoms with Crippen molar-refractivity contribution in [3.63, 3.8) is 0 Å². The zero-order valence-electron chi connectivity index (χ0n) is 16.4. The molecule has 1 saturated heterocycles. The van der Waals surface area contributed by atoms with E-state index in [1.54, 1.807) is 53.3 Å². The molecule has 148 valence electrons. The number of piperazine rings is 1. The first-order valence-corrected chi connectivity index (χ1v) is 9.36. The molecule has 1 N–H and O–H groups in total. The fourth-order valence-electron chi connectivity index (χ4n) is 3.19. The van der Waals surface area contributed by atoms with E-state index in [2.05, 4.69) is 4.98 Å². The van der Waals surface area contributed by atoms with Gasteiger partial charge in [0.05, 0.1) is 7.11 Å². The second-order valence-electron chi connectivity index (χ2n) is 7.12. The molecule has 0 unspecified atom stereocenters. The van der Waals surface area contributed by atoms with Gasteiger partial charge < -0.3 is 19.5 Å². The van der Waals surface area contributed by atoms with Gasteiger partial charge in [0.2, 0.25) is 0 Å². The summed E-state index contributed by atoms with van der Waals surface area (Å²) in [6.45, 7) is 5.60.